The van der Waals surface area contributed by atoms with Crippen LogP contribution in [0.5, 0.6) is 0 Å². The number of nitrogens with zero attached hydrogens (tertiary/aromatic N) is 2. The molecule has 0 spiro atoms. The normalized spacial score (nSPS) is 44.3. The lowest BCUT2D eigenvalue weighted by Gasteiger charge is -2.38. The molecule has 4 bridgehead atoms. The molecule has 0 radical (unpaired) electrons. The summed E-state index contributed by atoms with van der Waals surface area (Å²) in [5.74, 6) is 0. The summed E-state index contributed by atoms with van der Waals surface area (Å²) in [6.45, 7) is 9.33. The molecule has 10 heteroatoms. The minimum absolute atomic E-state index is 0.628. The highest BCUT2D eigenvalue weighted by molar-refractivity contribution is 6.72. The van der Waals surface area contributed by atoms with Crippen molar-refractivity contribution >= 4 is 17.6 Å². The summed E-state index contributed by atoms with van der Waals surface area (Å²) >= 11 is 0. The Morgan fingerprint density at radius 1 is 0.458 bits per heavy atom. The number of fused-ring (bicyclic) bond motifs is 12. The largest absolute Gasteiger partial charge is 0.529 e. The maximum Gasteiger partial charge on any atom is 0.529 e. The highest BCUT2D eigenvalue weighted by atomic mass is 28.4. The molecular weight excluding hydrogens is 348 g/mol. The predicted octanol–water partition coefficient (Wildman–Crippen LogP) is -0.743. The molecule has 6 aliphatic rings. The van der Waals surface area contributed by atoms with Gasteiger partial charge in [-0.1, -0.05) is 0 Å². The minimum atomic E-state index is -2.83. The average Bonchev–Trinajstić information content (AvgIpc) is 2.45. The van der Waals surface area contributed by atoms with E-state index < -0.39 is 17.6 Å². The fourth-order valence-electron chi connectivity index (χ4n) is 3.32. The Kier molecular flexibility index (Phi) is 5.48. The molecule has 6 rings (SSSR count). The molecule has 6 fully saturated rings. The summed E-state index contributed by atoms with van der Waals surface area (Å²) in [7, 11) is -5.65. The molecular formula is C14H26N2O6Si2. The Bertz CT molecular complexity index is 375. The average molecular weight is 375 g/mol. The van der Waals surface area contributed by atoms with Crippen LogP contribution in [0.4, 0.5) is 0 Å². The van der Waals surface area contributed by atoms with Gasteiger partial charge >= 0.3 is 17.6 Å². The zero-order valence-electron chi connectivity index (χ0n) is 14.0. The van der Waals surface area contributed by atoms with Crippen molar-refractivity contribution in [2.45, 2.75) is 0 Å². The van der Waals surface area contributed by atoms with Gasteiger partial charge in [-0.2, -0.15) is 0 Å². The first kappa shape index (κ1) is 17.3. The van der Waals surface area contributed by atoms with E-state index in [2.05, 4.69) is 9.80 Å². The minimum Gasteiger partial charge on any atom is -0.369 e. The molecule has 6 heterocycles. The van der Waals surface area contributed by atoms with E-state index in [-0.39, 0.29) is 0 Å². The van der Waals surface area contributed by atoms with Gasteiger partial charge in [-0.3, -0.25) is 9.80 Å². The van der Waals surface area contributed by atoms with Crippen LogP contribution in [0, 0.1) is 0 Å². The molecule has 0 amide bonds. The highest BCUT2D eigenvalue weighted by Crippen LogP contribution is 2.22. The predicted molar refractivity (Wildman–Crippen MR) is 89.2 cm³/mol. The molecule has 0 atom stereocenters. The van der Waals surface area contributed by atoms with Crippen LogP contribution in [0.25, 0.3) is 0 Å². The van der Waals surface area contributed by atoms with Crippen molar-refractivity contribution in [2.75, 3.05) is 78.9 Å². The Morgan fingerprint density at radius 3 is 0.958 bits per heavy atom. The molecule has 0 aliphatic carbocycles. The van der Waals surface area contributed by atoms with E-state index in [1.54, 1.807) is 0 Å². The van der Waals surface area contributed by atoms with Gasteiger partial charge in [0.05, 0.1) is 39.6 Å². The summed E-state index contributed by atoms with van der Waals surface area (Å²) < 4.78 is 36.2. The smallest absolute Gasteiger partial charge is 0.369 e. The van der Waals surface area contributed by atoms with Gasteiger partial charge in [-0.25, -0.2) is 0 Å². The van der Waals surface area contributed by atoms with Crippen molar-refractivity contribution in [2.24, 2.45) is 0 Å². The van der Waals surface area contributed by atoms with Gasteiger partial charge in [-0.15, -0.1) is 0 Å². The van der Waals surface area contributed by atoms with Gasteiger partial charge in [0.25, 0.3) is 0 Å². The molecule has 0 saturated carbocycles. The molecule has 0 aromatic rings. The zero-order chi connectivity index (χ0) is 16.3. The molecule has 0 unspecified atom stereocenters. The Hall–Kier alpha value is -0.146. The lowest BCUT2D eigenvalue weighted by molar-refractivity contribution is -0.00346. The van der Waals surface area contributed by atoms with E-state index >= 15 is 0 Å². The first-order valence-electron chi connectivity index (χ1n) is 8.76. The van der Waals surface area contributed by atoms with Gasteiger partial charge in [0.2, 0.25) is 0 Å². The molecule has 136 valence electrons. The van der Waals surface area contributed by atoms with E-state index in [0.29, 0.717) is 39.6 Å². The van der Waals surface area contributed by atoms with Crippen molar-refractivity contribution in [1.29, 1.82) is 0 Å². The molecule has 6 aliphatic heterocycles. The lowest BCUT2D eigenvalue weighted by Crippen LogP contribution is -2.56. The Labute approximate surface area is 144 Å². The maximum atomic E-state index is 6.03. The van der Waals surface area contributed by atoms with Crippen LogP contribution in [0.3, 0.4) is 0 Å². The van der Waals surface area contributed by atoms with E-state index in [9.17, 15) is 0 Å². The SMILES string of the molecule is C(=C\[Si]12OCCN(CCO1)CCO2)/[Si]12OCCN(CCO1)CCO2. The topological polar surface area (TPSA) is 61.9 Å². The lowest BCUT2D eigenvalue weighted by atomic mass is 10.4. The second-order valence-corrected chi connectivity index (χ2v) is 11.1. The third-order valence-electron chi connectivity index (χ3n) is 4.76. The Morgan fingerprint density at radius 2 is 0.708 bits per heavy atom. The monoisotopic (exact) mass is 374 g/mol. The number of hydrogen-bond donors (Lipinski definition) is 0. The molecule has 0 N–H and O–H groups in total. The molecule has 6 saturated heterocycles. The van der Waals surface area contributed by atoms with Crippen LogP contribution in [-0.2, 0) is 26.6 Å². The van der Waals surface area contributed by atoms with Crippen molar-refractivity contribution in [3.63, 3.8) is 0 Å². The summed E-state index contributed by atoms with van der Waals surface area (Å²) in [4.78, 5) is 4.61. The summed E-state index contributed by atoms with van der Waals surface area (Å²) in [6, 6.07) is 0. The summed E-state index contributed by atoms with van der Waals surface area (Å²) in [5, 5.41) is 0. The fraction of sp³-hybridized carbons (Fsp3) is 0.857. The van der Waals surface area contributed by atoms with E-state index in [0.717, 1.165) is 39.3 Å². The van der Waals surface area contributed by atoms with Crippen molar-refractivity contribution < 1.29 is 26.6 Å². The van der Waals surface area contributed by atoms with Crippen molar-refractivity contribution in [3.05, 3.63) is 11.4 Å². The molecule has 24 heavy (non-hydrogen) atoms. The van der Waals surface area contributed by atoms with Gasteiger partial charge in [0.1, 0.15) is 0 Å². The fourth-order valence-corrected chi connectivity index (χ4v) is 8.28. The molecule has 0 aromatic carbocycles. The Balaban J connectivity index is 1.52. The quantitative estimate of drug-likeness (QED) is 0.586. The van der Waals surface area contributed by atoms with Crippen LogP contribution >= 0.6 is 0 Å². The van der Waals surface area contributed by atoms with Gasteiger partial charge in [0, 0.05) is 39.3 Å². The first-order chi connectivity index (χ1) is 11.8. The third kappa shape index (κ3) is 3.98. The van der Waals surface area contributed by atoms with Crippen LogP contribution in [0.1, 0.15) is 0 Å². The van der Waals surface area contributed by atoms with Crippen LogP contribution < -0.4 is 0 Å². The van der Waals surface area contributed by atoms with E-state index in [4.69, 9.17) is 26.6 Å². The molecule has 0 aromatic heterocycles. The second-order valence-electron chi connectivity index (χ2n) is 6.31. The second kappa shape index (κ2) is 7.62. The van der Waals surface area contributed by atoms with E-state index in [1.807, 2.05) is 11.4 Å². The van der Waals surface area contributed by atoms with E-state index in [1.165, 1.54) is 0 Å². The third-order valence-corrected chi connectivity index (χ3v) is 9.88. The summed E-state index contributed by atoms with van der Waals surface area (Å²) in [5.41, 5.74) is 3.89. The molecule has 8 nitrogen and oxygen atoms in total. The standard InChI is InChI=1S/C14H26N2O6Si2/c1-7-17-23(18-8-2-15(1)3-9-19-23)13-14-24-20-10-4-16(5-11-21-24)6-12-22-24/h13-14H,1-12H2/b14-13+. The maximum absolute atomic E-state index is 6.03. The number of rotatable bonds is 2. The van der Waals surface area contributed by atoms with Crippen LogP contribution in [0.15, 0.2) is 11.4 Å². The van der Waals surface area contributed by atoms with Crippen molar-refractivity contribution in [3.8, 4) is 0 Å². The summed E-state index contributed by atoms with van der Waals surface area (Å²) in [6.07, 6.45) is 0. The highest BCUT2D eigenvalue weighted by Gasteiger charge is 2.47. The van der Waals surface area contributed by atoms with Crippen LogP contribution in [-0.4, -0.2) is 106 Å². The first-order valence-corrected chi connectivity index (χ1v) is 12.4. The van der Waals surface area contributed by atoms with Gasteiger partial charge < -0.3 is 26.6 Å². The zero-order valence-corrected chi connectivity index (χ0v) is 16.0. The van der Waals surface area contributed by atoms with Gasteiger partial charge in [-0.05, 0) is 11.4 Å². The van der Waals surface area contributed by atoms with Crippen LogP contribution in [0.2, 0.25) is 0 Å². The number of hydrogen-bond acceptors (Lipinski definition) is 8. The van der Waals surface area contributed by atoms with Gasteiger partial charge in [0.15, 0.2) is 0 Å². The van der Waals surface area contributed by atoms with Crippen molar-refractivity contribution in [1.82, 2.24) is 9.80 Å².